The lowest BCUT2D eigenvalue weighted by Gasteiger charge is -2.36. The summed E-state index contributed by atoms with van der Waals surface area (Å²) < 4.78 is 5.35. The number of nitrogens with zero attached hydrogens (tertiary/aromatic N) is 2. The van der Waals surface area contributed by atoms with Crippen molar-refractivity contribution in [3.8, 4) is 11.3 Å². The van der Waals surface area contributed by atoms with Crippen LogP contribution in [-0.4, -0.2) is 40.6 Å². The van der Waals surface area contributed by atoms with Crippen molar-refractivity contribution < 1.29 is 18.9 Å². The van der Waals surface area contributed by atoms with Gasteiger partial charge in [-0.3, -0.25) is 19.9 Å². The van der Waals surface area contributed by atoms with Gasteiger partial charge in [0.25, 0.3) is 11.8 Å². The molecule has 2 amide bonds. The fourth-order valence-electron chi connectivity index (χ4n) is 4.28. The zero-order valence-electron chi connectivity index (χ0n) is 18.8. The largest absolute Gasteiger partial charge is 0.360 e. The van der Waals surface area contributed by atoms with E-state index in [9.17, 15) is 9.59 Å². The zero-order valence-corrected chi connectivity index (χ0v) is 21.1. The van der Waals surface area contributed by atoms with Crippen LogP contribution in [0.3, 0.4) is 0 Å². The monoisotopic (exact) mass is 532 g/mol. The first kappa shape index (κ1) is 23.9. The van der Waals surface area contributed by atoms with Crippen molar-refractivity contribution in [1.82, 2.24) is 20.9 Å². The molecule has 0 aliphatic carbocycles. The maximum atomic E-state index is 13.5. The number of carbonyl (C=O) groups is 2. The average molecular weight is 533 g/mol. The minimum Gasteiger partial charge on any atom is -0.360 e. The summed E-state index contributed by atoms with van der Waals surface area (Å²) in [6, 6.07) is 9.02. The topological polar surface area (TPSA) is 96.7 Å². The van der Waals surface area contributed by atoms with Crippen LogP contribution >= 0.6 is 34.5 Å². The van der Waals surface area contributed by atoms with Crippen molar-refractivity contribution in [2.24, 2.45) is 0 Å². The maximum Gasteiger partial charge on any atom is 0.269 e. The summed E-state index contributed by atoms with van der Waals surface area (Å²) >= 11 is 14.3. The standard InChI is InChI=1S/C24H22Cl2N4O4S/c1-14-19(21(29-33-14)20-16(25)5-2-6-17(20)26)23(32)30-9-7-24(8-10-30)12-18(28-34-24)22(31)27-13-15-4-3-11-35-15/h2-6,11-12,28H,7-10,13H2,1H3,(H,27,31). The smallest absolute Gasteiger partial charge is 0.269 e. The summed E-state index contributed by atoms with van der Waals surface area (Å²) in [4.78, 5) is 34.6. The molecule has 0 atom stereocenters. The van der Waals surface area contributed by atoms with Gasteiger partial charge in [-0.25, -0.2) is 0 Å². The minimum absolute atomic E-state index is 0.214. The maximum absolute atomic E-state index is 13.5. The number of aryl methyl sites for hydroxylation is 1. The average Bonchev–Trinajstić information content (AvgIpc) is 3.59. The van der Waals surface area contributed by atoms with Gasteiger partial charge in [0, 0.05) is 36.4 Å². The highest BCUT2D eigenvalue weighted by Crippen LogP contribution is 2.38. The summed E-state index contributed by atoms with van der Waals surface area (Å²) in [5.74, 6) is -0.0479. The summed E-state index contributed by atoms with van der Waals surface area (Å²) in [7, 11) is 0. The van der Waals surface area contributed by atoms with Crippen molar-refractivity contribution in [3.63, 3.8) is 0 Å². The molecule has 11 heteroatoms. The molecule has 0 radical (unpaired) electrons. The molecule has 2 N–H and O–H groups in total. The minimum atomic E-state index is -0.648. The predicted molar refractivity (Wildman–Crippen MR) is 133 cm³/mol. The highest BCUT2D eigenvalue weighted by molar-refractivity contribution is 7.09. The van der Waals surface area contributed by atoms with Gasteiger partial charge in [0.15, 0.2) is 0 Å². The van der Waals surface area contributed by atoms with E-state index in [4.69, 9.17) is 32.6 Å². The molecule has 1 spiro atoms. The fourth-order valence-corrected chi connectivity index (χ4v) is 5.50. The molecule has 1 aromatic carbocycles. The number of hydroxylamine groups is 1. The van der Waals surface area contributed by atoms with Gasteiger partial charge in [0.05, 0.1) is 16.6 Å². The SMILES string of the molecule is Cc1onc(-c2c(Cl)cccc2Cl)c1C(=O)N1CCC2(C=C(C(=O)NCc3cccs3)NO2)CC1. The van der Waals surface area contributed by atoms with Crippen LogP contribution in [0.25, 0.3) is 11.3 Å². The summed E-state index contributed by atoms with van der Waals surface area (Å²) in [5, 5.41) is 9.71. The molecule has 182 valence electrons. The van der Waals surface area contributed by atoms with Gasteiger partial charge in [-0.15, -0.1) is 11.3 Å². The molecule has 4 heterocycles. The van der Waals surface area contributed by atoms with Crippen molar-refractivity contribution in [3.05, 3.63) is 73.7 Å². The van der Waals surface area contributed by atoms with Crippen molar-refractivity contribution >= 4 is 46.4 Å². The van der Waals surface area contributed by atoms with Crippen molar-refractivity contribution in [1.29, 1.82) is 0 Å². The molecule has 2 aliphatic heterocycles. The molecule has 0 unspecified atom stereocenters. The van der Waals surface area contributed by atoms with Gasteiger partial charge in [-0.05, 0) is 36.6 Å². The molecular formula is C24H22Cl2N4O4S. The summed E-state index contributed by atoms with van der Waals surface area (Å²) in [6.07, 6.45) is 2.87. The second kappa shape index (κ2) is 9.66. The van der Waals surface area contributed by atoms with E-state index >= 15 is 0 Å². The van der Waals surface area contributed by atoms with Crippen LogP contribution in [0, 0.1) is 6.92 Å². The van der Waals surface area contributed by atoms with Crippen LogP contribution in [0.5, 0.6) is 0 Å². The van der Waals surface area contributed by atoms with Gasteiger partial charge in [-0.1, -0.05) is 40.5 Å². The van der Waals surface area contributed by atoms with E-state index in [2.05, 4.69) is 16.0 Å². The first-order valence-corrected chi connectivity index (χ1v) is 12.7. The number of aromatic nitrogens is 1. The Morgan fingerprint density at radius 3 is 2.63 bits per heavy atom. The Morgan fingerprint density at radius 2 is 1.94 bits per heavy atom. The summed E-state index contributed by atoms with van der Waals surface area (Å²) in [6.45, 7) is 3.01. The summed E-state index contributed by atoms with van der Waals surface area (Å²) in [5.41, 5.74) is 3.63. The lowest BCUT2D eigenvalue weighted by atomic mass is 9.90. The molecule has 0 saturated carbocycles. The van der Waals surface area contributed by atoms with Crippen LogP contribution in [0.15, 0.2) is 52.0 Å². The third-order valence-corrected chi connectivity index (χ3v) is 7.70. The molecule has 2 aromatic heterocycles. The lowest BCUT2D eigenvalue weighted by molar-refractivity contribution is -0.120. The number of likely N-dealkylation sites (tertiary alicyclic amines) is 1. The number of nitrogens with one attached hydrogen (secondary N) is 2. The molecular weight excluding hydrogens is 511 g/mol. The van der Waals surface area contributed by atoms with Crippen LogP contribution in [0.2, 0.25) is 10.0 Å². The van der Waals surface area contributed by atoms with Crippen LogP contribution in [0.4, 0.5) is 0 Å². The van der Waals surface area contributed by atoms with E-state index in [1.54, 1.807) is 41.4 Å². The number of halogens is 2. The normalized spacial score (nSPS) is 16.8. The Kier molecular flexibility index (Phi) is 6.59. The number of rotatable bonds is 5. The molecule has 0 bridgehead atoms. The Balaban J connectivity index is 1.27. The van der Waals surface area contributed by atoms with E-state index in [0.29, 0.717) is 70.8 Å². The Morgan fingerprint density at radius 1 is 1.20 bits per heavy atom. The van der Waals surface area contributed by atoms with E-state index < -0.39 is 5.60 Å². The van der Waals surface area contributed by atoms with Crippen molar-refractivity contribution in [2.75, 3.05) is 13.1 Å². The van der Waals surface area contributed by atoms with Gasteiger partial charge < -0.3 is 14.7 Å². The van der Waals surface area contributed by atoms with Gasteiger partial charge >= 0.3 is 0 Å². The molecule has 3 aromatic rings. The Hall–Kier alpha value is -2.85. The van der Waals surface area contributed by atoms with Gasteiger partial charge in [0.1, 0.15) is 28.3 Å². The molecule has 35 heavy (non-hydrogen) atoms. The zero-order chi connectivity index (χ0) is 24.6. The Bertz CT molecular complexity index is 1280. The molecule has 1 fully saturated rings. The number of hydrogen-bond donors (Lipinski definition) is 2. The predicted octanol–water partition coefficient (Wildman–Crippen LogP) is 4.73. The number of carbonyl (C=O) groups excluding carboxylic acids is 2. The molecule has 2 aliphatic rings. The Labute approximate surface area is 215 Å². The van der Waals surface area contributed by atoms with E-state index in [1.807, 2.05) is 23.6 Å². The molecule has 5 rings (SSSR count). The number of thiophene rings is 1. The number of piperidine rings is 1. The van der Waals surface area contributed by atoms with Crippen molar-refractivity contribution in [2.45, 2.75) is 31.9 Å². The van der Waals surface area contributed by atoms with Gasteiger partial charge in [0.2, 0.25) is 0 Å². The van der Waals surface area contributed by atoms with Crippen LogP contribution in [-0.2, 0) is 16.2 Å². The first-order chi connectivity index (χ1) is 16.9. The third kappa shape index (κ3) is 4.69. The van der Waals surface area contributed by atoms with E-state index in [0.717, 1.165) is 4.88 Å². The first-order valence-electron chi connectivity index (χ1n) is 11.0. The van der Waals surface area contributed by atoms with Crippen LogP contribution < -0.4 is 10.8 Å². The number of benzene rings is 1. The van der Waals surface area contributed by atoms with E-state index in [1.165, 1.54) is 0 Å². The lowest BCUT2D eigenvalue weighted by Crippen LogP contribution is -2.46. The molecule has 1 saturated heterocycles. The number of amides is 2. The molecule has 8 nitrogen and oxygen atoms in total. The highest BCUT2D eigenvalue weighted by atomic mass is 35.5. The fraction of sp³-hybridized carbons (Fsp3) is 0.292. The second-order valence-electron chi connectivity index (χ2n) is 8.44. The quantitative estimate of drug-likeness (QED) is 0.493. The van der Waals surface area contributed by atoms with E-state index in [-0.39, 0.29) is 11.8 Å². The highest BCUT2D eigenvalue weighted by Gasteiger charge is 2.42. The third-order valence-electron chi connectivity index (χ3n) is 6.19. The number of hydrogen-bond acceptors (Lipinski definition) is 7. The van der Waals surface area contributed by atoms with Gasteiger partial charge in [-0.2, -0.15) is 0 Å². The second-order valence-corrected chi connectivity index (χ2v) is 10.3. The van der Waals surface area contributed by atoms with Crippen LogP contribution in [0.1, 0.15) is 33.8 Å².